The normalized spacial score (nSPS) is 25.2. The summed E-state index contributed by atoms with van der Waals surface area (Å²) in [5, 5.41) is 12.6. The van der Waals surface area contributed by atoms with Gasteiger partial charge in [0.25, 0.3) is 0 Å². The summed E-state index contributed by atoms with van der Waals surface area (Å²) in [6.07, 6.45) is -11.2. The summed E-state index contributed by atoms with van der Waals surface area (Å²) in [6, 6.07) is 10.9. The molecule has 0 N–H and O–H groups in total. The lowest BCUT2D eigenvalue weighted by molar-refractivity contribution is -0.210. The van der Waals surface area contributed by atoms with Gasteiger partial charge in [0.15, 0.2) is 6.29 Å². The van der Waals surface area contributed by atoms with Gasteiger partial charge >= 0.3 is 12.4 Å². The number of alkyl halides is 6. The monoisotopic (exact) mass is 531 g/mol. The van der Waals surface area contributed by atoms with Gasteiger partial charge in [0.2, 0.25) is 0 Å². The first-order chi connectivity index (χ1) is 17.4. The Morgan fingerprint density at radius 1 is 0.946 bits per heavy atom. The van der Waals surface area contributed by atoms with Crippen LogP contribution in [0.4, 0.5) is 26.3 Å². The number of hydroxylamine groups is 2. The zero-order valence-corrected chi connectivity index (χ0v) is 20.3. The second-order valence-electron chi connectivity index (χ2n) is 9.57. The molecule has 0 bridgehead atoms. The summed E-state index contributed by atoms with van der Waals surface area (Å²) in [5.41, 5.74) is -2.09. The lowest BCUT2D eigenvalue weighted by Gasteiger charge is -2.44. The van der Waals surface area contributed by atoms with Crippen LogP contribution in [0.25, 0.3) is 0 Å². The van der Waals surface area contributed by atoms with Gasteiger partial charge in [0, 0.05) is 25.6 Å². The van der Waals surface area contributed by atoms with E-state index in [9.17, 15) is 31.5 Å². The second kappa shape index (κ2) is 11.3. The molecule has 2 heterocycles. The molecule has 0 aliphatic carbocycles. The lowest BCUT2D eigenvalue weighted by Crippen LogP contribution is -2.48. The Labute approximate surface area is 211 Å². The maximum atomic E-state index is 13.4. The molecule has 0 radical (unpaired) electrons. The Hall–Kier alpha value is -2.18. The molecule has 0 unspecified atom stereocenters. The third-order valence-electron chi connectivity index (χ3n) is 7.00. The van der Waals surface area contributed by atoms with Gasteiger partial charge in [0.1, 0.15) is 0 Å². The average molecular weight is 532 g/mol. The standard InChI is InChI=1S/C26H29F6N2O3/c1-17(20-13-21(25(27,28)29)15-22(14-20)26(30,31)32)37-24-23(18-5-3-2-4-6-18)19(7-12-36-24)16-33-8-10-34(35)11-9-33/h2-6,13-15,17,19,23-24H,7-12,16H2,1H3/q-1/t17-,19+,23+,24-/m1/s1. The van der Waals surface area contributed by atoms with Gasteiger partial charge in [-0.25, -0.2) is 0 Å². The van der Waals surface area contributed by atoms with E-state index in [-0.39, 0.29) is 23.5 Å². The maximum absolute atomic E-state index is 13.4. The Kier molecular flexibility index (Phi) is 8.49. The summed E-state index contributed by atoms with van der Waals surface area (Å²) in [4.78, 5) is 2.20. The number of hydrogen-bond acceptors (Lipinski definition) is 5. The van der Waals surface area contributed by atoms with Crippen molar-refractivity contribution in [2.75, 3.05) is 39.3 Å². The van der Waals surface area contributed by atoms with Crippen molar-refractivity contribution in [3.8, 4) is 0 Å². The lowest BCUT2D eigenvalue weighted by atomic mass is 9.81. The summed E-state index contributed by atoms with van der Waals surface area (Å²) in [6.45, 7) is 4.50. The molecule has 11 heteroatoms. The number of hydrogen-bond donors (Lipinski definition) is 0. The van der Waals surface area contributed by atoms with Gasteiger partial charge in [-0.3, -0.25) is 0 Å². The fourth-order valence-electron chi connectivity index (χ4n) is 5.01. The van der Waals surface area contributed by atoms with Crippen molar-refractivity contribution in [2.24, 2.45) is 5.92 Å². The van der Waals surface area contributed by atoms with E-state index in [0.29, 0.717) is 57.9 Å². The van der Waals surface area contributed by atoms with Gasteiger partial charge in [0.05, 0.1) is 23.8 Å². The molecular formula is C26H29F6N2O3-. The highest BCUT2D eigenvalue weighted by Gasteiger charge is 2.40. The van der Waals surface area contributed by atoms with E-state index in [0.717, 1.165) is 10.6 Å². The van der Waals surface area contributed by atoms with E-state index in [2.05, 4.69) is 4.90 Å². The maximum Gasteiger partial charge on any atom is 0.416 e. The van der Waals surface area contributed by atoms with E-state index in [4.69, 9.17) is 9.47 Å². The molecule has 0 aromatic heterocycles. The molecule has 0 amide bonds. The highest BCUT2D eigenvalue weighted by atomic mass is 19.4. The zero-order valence-electron chi connectivity index (χ0n) is 20.3. The van der Waals surface area contributed by atoms with E-state index >= 15 is 0 Å². The first-order valence-electron chi connectivity index (χ1n) is 12.2. The molecule has 4 atom stereocenters. The van der Waals surface area contributed by atoms with Crippen molar-refractivity contribution in [3.63, 3.8) is 0 Å². The number of piperazine rings is 1. The quantitative estimate of drug-likeness (QED) is 0.424. The SMILES string of the molecule is C[C@@H](O[C@H]1OCC[C@@H](CN2CCN([O-])CC2)[C@@H]1c1ccccc1)c1cc(C(F)(F)F)cc(C(F)(F)F)c1. The molecule has 5 nitrogen and oxygen atoms in total. The van der Waals surface area contributed by atoms with E-state index in [1.54, 1.807) is 0 Å². The van der Waals surface area contributed by atoms with E-state index in [1.165, 1.54) is 6.92 Å². The molecule has 2 aliphatic heterocycles. The summed E-state index contributed by atoms with van der Waals surface area (Å²) in [7, 11) is 0. The van der Waals surface area contributed by atoms with Crippen LogP contribution in [-0.2, 0) is 21.8 Å². The van der Waals surface area contributed by atoms with Crippen LogP contribution in [0.3, 0.4) is 0 Å². The van der Waals surface area contributed by atoms with Crippen LogP contribution in [0.2, 0.25) is 0 Å². The second-order valence-corrected chi connectivity index (χ2v) is 9.57. The smallest absolute Gasteiger partial charge is 0.416 e. The Morgan fingerprint density at radius 3 is 2.11 bits per heavy atom. The van der Waals surface area contributed by atoms with Crippen molar-refractivity contribution in [3.05, 3.63) is 76.0 Å². The summed E-state index contributed by atoms with van der Waals surface area (Å²) < 4.78 is 92.3. The minimum absolute atomic E-state index is 0.0544. The van der Waals surface area contributed by atoms with Gasteiger partial charge < -0.3 is 24.6 Å². The van der Waals surface area contributed by atoms with Gasteiger partial charge in [-0.2, -0.15) is 26.3 Å². The molecule has 2 saturated heterocycles. The molecule has 204 valence electrons. The number of rotatable bonds is 6. The highest BCUT2D eigenvalue weighted by Crippen LogP contribution is 2.41. The first-order valence-corrected chi connectivity index (χ1v) is 12.2. The molecular weight excluding hydrogens is 502 g/mol. The van der Waals surface area contributed by atoms with Gasteiger partial charge in [-0.15, -0.1) is 0 Å². The molecule has 0 saturated carbocycles. The Bertz CT molecular complexity index is 993. The number of nitrogens with zero attached hydrogens (tertiary/aromatic N) is 2. The number of ether oxygens (including phenoxy) is 2. The van der Waals surface area contributed by atoms with Crippen molar-refractivity contribution in [1.29, 1.82) is 0 Å². The van der Waals surface area contributed by atoms with Crippen LogP contribution in [0.5, 0.6) is 0 Å². The van der Waals surface area contributed by atoms with Crippen LogP contribution in [0, 0.1) is 11.1 Å². The fourth-order valence-corrected chi connectivity index (χ4v) is 5.01. The zero-order chi connectivity index (χ0) is 26.8. The fraction of sp³-hybridized carbons (Fsp3) is 0.538. The van der Waals surface area contributed by atoms with Gasteiger partial charge in [-0.1, -0.05) is 30.3 Å². The van der Waals surface area contributed by atoms with Crippen molar-refractivity contribution >= 4 is 0 Å². The van der Waals surface area contributed by atoms with Crippen molar-refractivity contribution < 1.29 is 35.8 Å². The number of halogens is 6. The third-order valence-corrected chi connectivity index (χ3v) is 7.00. The molecule has 0 spiro atoms. The largest absolute Gasteiger partial charge is 0.785 e. The van der Waals surface area contributed by atoms with E-state index < -0.39 is 35.9 Å². The summed E-state index contributed by atoms with van der Waals surface area (Å²) >= 11 is 0. The first kappa shape index (κ1) is 27.8. The molecule has 2 fully saturated rings. The predicted molar refractivity (Wildman–Crippen MR) is 124 cm³/mol. The number of benzene rings is 2. The van der Waals surface area contributed by atoms with Crippen LogP contribution in [0.1, 0.15) is 47.6 Å². The Balaban J connectivity index is 1.60. The van der Waals surface area contributed by atoms with Crippen LogP contribution in [0.15, 0.2) is 48.5 Å². The topological polar surface area (TPSA) is 48.0 Å². The van der Waals surface area contributed by atoms with Crippen molar-refractivity contribution in [1.82, 2.24) is 9.96 Å². The predicted octanol–water partition coefficient (Wildman–Crippen LogP) is 6.06. The molecule has 4 rings (SSSR count). The van der Waals surface area contributed by atoms with Crippen LogP contribution >= 0.6 is 0 Å². The van der Waals surface area contributed by atoms with E-state index in [1.807, 2.05) is 30.3 Å². The third kappa shape index (κ3) is 7.02. The van der Waals surface area contributed by atoms with Crippen LogP contribution < -0.4 is 0 Å². The highest BCUT2D eigenvalue weighted by molar-refractivity contribution is 5.34. The van der Waals surface area contributed by atoms with Gasteiger partial charge in [-0.05, 0) is 61.7 Å². The van der Waals surface area contributed by atoms with Crippen molar-refractivity contribution in [2.45, 2.75) is 44.0 Å². The van der Waals surface area contributed by atoms with Crippen LogP contribution in [-0.4, -0.2) is 55.6 Å². The molecule has 2 aromatic rings. The Morgan fingerprint density at radius 2 is 1.54 bits per heavy atom. The summed E-state index contributed by atoms with van der Waals surface area (Å²) in [5.74, 6) is -0.241. The average Bonchev–Trinajstić information content (AvgIpc) is 2.85. The minimum atomic E-state index is -4.94. The molecule has 2 aliphatic rings. The minimum Gasteiger partial charge on any atom is -0.785 e. The molecule has 37 heavy (non-hydrogen) atoms. The molecule has 2 aromatic carbocycles.